The van der Waals surface area contributed by atoms with E-state index in [9.17, 15) is 14.4 Å². The number of carbonyl (C=O) groups excluding carboxylic acids is 2. The van der Waals surface area contributed by atoms with Crippen molar-refractivity contribution < 1.29 is 9.59 Å². The van der Waals surface area contributed by atoms with E-state index in [0.717, 1.165) is 0 Å². The predicted octanol–water partition coefficient (Wildman–Crippen LogP) is 0.606. The van der Waals surface area contributed by atoms with Crippen molar-refractivity contribution in [1.82, 2.24) is 9.47 Å². The maximum Gasteiger partial charge on any atom is 0.250 e. The first-order valence-electron chi connectivity index (χ1n) is 6.58. The van der Waals surface area contributed by atoms with Crippen LogP contribution in [0.5, 0.6) is 0 Å². The van der Waals surface area contributed by atoms with E-state index in [1.165, 1.54) is 27.8 Å². The Bertz CT molecular complexity index is 584. The van der Waals surface area contributed by atoms with Crippen LogP contribution in [0.1, 0.15) is 26.7 Å². The fraction of sp³-hybridized carbons (Fsp3) is 0.500. The molecule has 108 valence electrons. The van der Waals surface area contributed by atoms with Crippen LogP contribution in [0.3, 0.4) is 0 Å². The molecule has 0 aromatic carbocycles. The zero-order chi connectivity index (χ0) is 14.9. The number of amides is 2. The van der Waals surface area contributed by atoms with Gasteiger partial charge in [-0.3, -0.25) is 19.3 Å². The molecule has 2 heterocycles. The van der Waals surface area contributed by atoms with Crippen LogP contribution in [-0.2, 0) is 16.1 Å². The largest absolute Gasteiger partial charge is 0.398 e. The molecule has 0 bridgehead atoms. The highest BCUT2D eigenvalue weighted by Gasteiger charge is 2.36. The van der Waals surface area contributed by atoms with Gasteiger partial charge in [-0.25, -0.2) is 0 Å². The zero-order valence-electron chi connectivity index (χ0n) is 11.8. The van der Waals surface area contributed by atoms with Gasteiger partial charge in [0.05, 0.1) is 0 Å². The number of nitrogens with two attached hydrogens (primary N) is 1. The monoisotopic (exact) mass is 277 g/mol. The van der Waals surface area contributed by atoms with Gasteiger partial charge in [0.2, 0.25) is 11.8 Å². The quantitative estimate of drug-likeness (QED) is 0.820. The highest BCUT2D eigenvalue weighted by molar-refractivity contribution is 5.98. The Morgan fingerprint density at radius 2 is 1.70 bits per heavy atom. The van der Waals surface area contributed by atoms with Crippen molar-refractivity contribution in [3.8, 4) is 0 Å². The SMILES string of the molecule is CC1(C)CC(=O)N(CCn2cc(N)ccc2=O)C(=O)C1. The fourth-order valence-corrected chi connectivity index (χ4v) is 2.39. The summed E-state index contributed by atoms with van der Waals surface area (Å²) in [6.45, 7) is 4.28. The Balaban J connectivity index is 2.07. The Morgan fingerprint density at radius 1 is 1.10 bits per heavy atom. The molecule has 2 rings (SSSR count). The number of aromatic nitrogens is 1. The molecule has 1 aliphatic rings. The minimum Gasteiger partial charge on any atom is -0.398 e. The molecule has 0 radical (unpaired) electrons. The number of pyridine rings is 1. The van der Waals surface area contributed by atoms with Crippen molar-refractivity contribution in [2.24, 2.45) is 5.41 Å². The second-order valence-electron chi connectivity index (χ2n) is 5.95. The zero-order valence-corrected chi connectivity index (χ0v) is 11.8. The van der Waals surface area contributed by atoms with Crippen molar-refractivity contribution in [2.45, 2.75) is 33.2 Å². The normalized spacial score (nSPS) is 18.4. The van der Waals surface area contributed by atoms with Gasteiger partial charge in [0.15, 0.2) is 0 Å². The smallest absolute Gasteiger partial charge is 0.250 e. The summed E-state index contributed by atoms with van der Waals surface area (Å²) in [5.74, 6) is -0.355. The van der Waals surface area contributed by atoms with Crippen molar-refractivity contribution >= 4 is 17.5 Å². The second kappa shape index (κ2) is 5.11. The van der Waals surface area contributed by atoms with Crippen LogP contribution in [-0.4, -0.2) is 27.8 Å². The molecule has 6 nitrogen and oxygen atoms in total. The molecule has 0 atom stereocenters. The Morgan fingerprint density at radius 3 is 2.30 bits per heavy atom. The third-order valence-electron chi connectivity index (χ3n) is 3.43. The molecule has 0 aliphatic carbocycles. The van der Waals surface area contributed by atoms with E-state index in [2.05, 4.69) is 0 Å². The highest BCUT2D eigenvalue weighted by Crippen LogP contribution is 2.31. The molecular weight excluding hydrogens is 258 g/mol. The first kappa shape index (κ1) is 14.3. The van der Waals surface area contributed by atoms with Crippen molar-refractivity contribution in [2.75, 3.05) is 12.3 Å². The fourth-order valence-electron chi connectivity index (χ4n) is 2.39. The van der Waals surface area contributed by atoms with Gasteiger partial charge >= 0.3 is 0 Å². The number of rotatable bonds is 3. The molecule has 6 heteroatoms. The molecule has 1 aromatic rings. The van der Waals surface area contributed by atoms with Gasteiger partial charge in [-0.1, -0.05) is 13.8 Å². The number of likely N-dealkylation sites (tertiary alicyclic amines) is 1. The lowest BCUT2D eigenvalue weighted by atomic mass is 9.82. The summed E-state index contributed by atoms with van der Waals surface area (Å²) < 4.78 is 1.41. The van der Waals surface area contributed by atoms with Crippen molar-refractivity contribution in [3.63, 3.8) is 0 Å². The van der Waals surface area contributed by atoms with Gasteiger partial charge in [-0.2, -0.15) is 0 Å². The predicted molar refractivity (Wildman–Crippen MR) is 74.8 cm³/mol. The first-order chi connectivity index (χ1) is 9.28. The lowest BCUT2D eigenvalue weighted by molar-refractivity contribution is -0.152. The summed E-state index contributed by atoms with van der Waals surface area (Å²) in [5.41, 5.74) is 5.62. The highest BCUT2D eigenvalue weighted by atomic mass is 16.2. The van der Waals surface area contributed by atoms with Gasteiger partial charge in [-0.05, 0) is 11.5 Å². The van der Waals surface area contributed by atoms with E-state index in [-0.39, 0.29) is 35.9 Å². The third-order valence-corrected chi connectivity index (χ3v) is 3.43. The van der Waals surface area contributed by atoms with E-state index in [1.54, 1.807) is 0 Å². The van der Waals surface area contributed by atoms with Crippen LogP contribution >= 0.6 is 0 Å². The molecule has 0 saturated carbocycles. The summed E-state index contributed by atoms with van der Waals surface area (Å²) in [4.78, 5) is 36.8. The van der Waals surface area contributed by atoms with Gasteiger partial charge in [0.1, 0.15) is 0 Å². The van der Waals surface area contributed by atoms with Gasteiger partial charge in [0.25, 0.3) is 5.56 Å². The number of piperidine rings is 1. The topological polar surface area (TPSA) is 85.4 Å². The molecule has 0 unspecified atom stereocenters. The van der Waals surface area contributed by atoms with Gasteiger partial charge < -0.3 is 10.3 Å². The number of hydrogen-bond acceptors (Lipinski definition) is 4. The standard InChI is InChI=1S/C14H19N3O3/c1-14(2)7-12(19)17(13(20)8-14)6-5-16-9-10(15)3-4-11(16)18/h3-4,9H,5-8,15H2,1-2H3. The van der Waals surface area contributed by atoms with Gasteiger partial charge in [-0.15, -0.1) is 0 Å². The minimum atomic E-state index is -0.279. The van der Waals surface area contributed by atoms with Crippen LogP contribution in [0.15, 0.2) is 23.1 Å². The maximum absolute atomic E-state index is 12.0. The third kappa shape index (κ3) is 3.07. The van der Waals surface area contributed by atoms with E-state index in [4.69, 9.17) is 5.73 Å². The lowest BCUT2D eigenvalue weighted by Crippen LogP contribution is -2.47. The van der Waals surface area contributed by atoms with E-state index < -0.39 is 0 Å². The molecule has 0 spiro atoms. The minimum absolute atomic E-state index is 0.178. The molecule has 1 fully saturated rings. The maximum atomic E-state index is 12.0. The molecule has 1 saturated heterocycles. The summed E-state index contributed by atoms with van der Waals surface area (Å²) >= 11 is 0. The molecule has 20 heavy (non-hydrogen) atoms. The van der Waals surface area contributed by atoms with E-state index >= 15 is 0 Å². The number of hydrogen-bond donors (Lipinski definition) is 1. The molecule has 1 aromatic heterocycles. The van der Waals surface area contributed by atoms with E-state index in [0.29, 0.717) is 18.5 Å². The number of nitrogens with zero attached hydrogens (tertiary/aromatic N) is 2. The molecular formula is C14H19N3O3. The average Bonchev–Trinajstić information content (AvgIpc) is 2.30. The van der Waals surface area contributed by atoms with Crippen molar-refractivity contribution in [1.29, 1.82) is 0 Å². The Hall–Kier alpha value is -2.11. The molecule has 1 aliphatic heterocycles. The Kier molecular flexibility index (Phi) is 3.65. The lowest BCUT2D eigenvalue weighted by Gasteiger charge is -2.34. The summed E-state index contributed by atoms with van der Waals surface area (Å²) in [7, 11) is 0. The van der Waals surface area contributed by atoms with E-state index in [1.807, 2.05) is 13.8 Å². The second-order valence-corrected chi connectivity index (χ2v) is 5.95. The van der Waals surface area contributed by atoms with Crippen LogP contribution < -0.4 is 11.3 Å². The van der Waals surface area contributed by atoms with Crippen LogP contribution in [0, 0.1) is 5.41 Å². The Labute approximate surface area is 117 Å². The number of nitrogen functional groups attached to an aromatic ring is 1. The number of carbonyl (C=O) groups is 2. The van der Waals surface area contributed by atoms with Gasteiger partial charge in [0, 0.05) is 43.9 Å². The summed E-state index contributed by atoms with van der Waals surface area (Å²) in [6, 6.07) is 2.90. The summed E-state index contributed by atoms with van der Waals surface area (Å²) in [5, 5.41) is 0. The average molecular weight is 277 g/mol. The molecule has 2 amide bonds. The van der Waals surface area contributed by atoms with Crippen molar-refractivity contribution in [3.05, 3.63) is 28.7 Å². The summed E-state index contributed by atoms with van der Waals surface area (Å²) in [6.07, 6.45) is 2.22. The number of anilines is 1. The molecule has 2 N–H and O–H groups in total. The van der Waals surface area contributed by atoms with Crippen LogP contribution in [0.25, 0.3) is 0 Å². The first-order valence-corrected chi connectivity index (χ1v) is 6.58. The van der Waals surface area contributed by atoms with Crippen LogP contribution in [0.2, 0.25) is 0 Å². The number of imide groups is 1. The van der Waals surface area contributed by atoms with Crippen LogP contribution in [0.4, 0.5) is 5.69 Å².